The van der Waals surface area contributed by atoms with E-state index in [9.17, 15) is 4.79 Å². The van der Waals surface area contributed by atoms with Gasteiger partial charge in [0.15, 0.2) is 5.65 Å². The average Bonchev–Trinajstić information content (AvgIpc) is 3.58. The van der Waals surface area contributed by atoms with E-state index in [4.69, 9.17) is 14.7 Å². The Balaban J connectivity index is 1.53. The molecule has 0 unspecified atom stereocenters. The maximum Gasteiger partial charge on any atom is 0.410 e. The summed E-state index contributed by atoms with van der Waals surface area (Å²) in [4.78, 5) is 31.1. The van der Waals surface area contributed by atoms with E-state index in [1.807, 2.05) is 43.9 Å². The first-order valence-corrected chi connectivity index (χ1v) is 12.4. The summed E-state index contributed by atoms with van der Waals surface area (Å²) in [7, 11) is 0. The van der Waals surface area contributed by atoms with Crippen molar-refractivity contribution in [2.45, 2.75) is 71.1 Å². The number of piperazine rings is 1. The Labute approximate surface area is 206 Å². The fraction of sp³-hybridized carbons (Fsp3) is 0.481. The van der Waals surface area contributed by atoms with E-state index < -0.39 is 5.60 Å². The van der Waals surface area contributed by atoms with E-state index in [2.05, 4.69) is 41.1 Å². The smallest absolute Gasteiger partial charge is 0.410 e. The quantitative estimate of drug-likeness (QED) is 0.519. The molecule has 3 aromatic rings. The molecule has 1 aliphatic heterocycles. The zero-order valence-corrected chi connectivity index (χ0v) is 21.2. The van der Waals surface area contributed by atoms with E-state index >= 15 is 0 Å². The van der Waals surface area contributed by atoms with E-state index in [1.54, 1.807) is 12.5 Å². The van der Waals surface area contributed by atoms with Crippen LogP contribution in [-0.4, -0.2) is 61.3 Å². The van der Waals surface area contributed by atoms with Gasteiger partial charge in [-0.2, -0.15) is 0 Å². The number of ether oxygens (including phenoxy) is 1. The number of rotatable bonds is 4. The van der Waals surface area contributed by atoms with Gasteiger partial charge in [0.2, 0.25) is 0 Å². The standard InChI is InChI=1S/C27H34N6O2/c1-7-19-10-11-28-22(12-19)33-15-21(20-8-9-20)23-24(29-16-30-25(23)33)31-13-18(3)32(14-17(31)2)26(34)35-27(4,5)6/h7,10-12,15-18,20H,1,8-9,13-14H2,2-6H3/t17-,18+/m0/s1. The van der Waals surface area contributed by atoms with Gasteiger partial charge in [0, 0.05) is 37.6 Å². The molecule has 0 radical (unpaired) electrons. The molecule has 184 valence electrons. The molecule has 3 aromatic heterocycles. The van der Waals surface area contributed by atoms with Crippen LogP contribution in [-0.2, 0) is 4.74 Å². The Hall–Kier alpha value is -3.42. The van der Waals surface area contributed by atoms with Crippen molar-refractivity contribution in [3.63, 3.8) is 0 Å². The number of carbonyl (C=O) groups is 1. The fourth-order valence-corrected chi connectivity index (χ4v) is 4.86. The molecule has 2 aliphatic rings. The van der Waals surface area contributed by atoms with E-state index in [0.29, 0.717) is 19.0 Å². The number of hydrogen-bond acceptors (Lipinski definition) is 6. The highest BCUT2D eigenvalue weighted by Crippen LogP contribution is 2.46. The normalized spacial score (nSPS) is 20.8. The van der Waals surface area contributed by atoms with Crippen LogP contribution in [0.3, 0.4) is 0 Å². The number of pyridine rings is 1. The van der Waals surface area contributed by atoms with Crippen LogP contribution < -0.4 is 4.90 Å². The second-order valence-corrected chi connectivity index (χ2v) is 10.8. The van der Waals surface area contributed by atoms with Gasteiger partial charge in [0.1, 0.15) is 23.6 Å². The van der Waals surface area contributed by atoms with Crippen LogP contribution in [0.15, 0.2) is 37.4 Å². The summed E-state index contributed by atoms with van der Waals surface area (Å²) in [6.45, 7) is 15.0. The van der Waals surface area contributed by atoms with Gasteiger partial charge < -0.3 is 14.5 Å². The van der Waals surface area contributed by atoms with Gasteiger partial charge in [-0.05, 0) is 76.6 Å². The van der Waals surface area contributed by atoms with Crippen LogP contribution in [0.5, 0.6) is 0 Å². The molecule has 1 saturated heterocycles. The summed E-state index contributed by atoms with van der Waals surface area (Å²) in [5, 5.41) is 1.09. The predicted molar refractivity (Wildman–Crippen MR) is 138 cm³/mol. The number of carbonyl (C=O) groups excluding carboxylic acids is 1. The first-order chi connectivity index (χ1) is 16.7. The van der Waals surface area contributed by atoms with Gasteiger partial charge >= 0.3 is 6.09 Å². The van der Waals surface area contributed by atoms with Gasteiger partial charge in [-0.3, -0.25) is 4.57 Å². The summed E-state index contributed by atoms with van der Waals surface area (Å²) in [5.41, 5.74) is 2.63. The third-order valence-electron chi connectivity index (χ3n) is 6.75. The molecule has 0 N–H and O–H groups in total. The van der Waals surface area contributed by atoms with Crippen LogP contribution in [0.1, 0.15) is 64.5 Å². The highest BCUT2D eigenvalue weighted by molar-refractivity contribution is 5.93. The molecule has 8 nitrogen and oxygen atoms in total. The number of amides is 1. The van der Waals surface area contributed by atoms with Gasteiger partial charge in [0.25, 0.3) is 0 Å². The molecule has 5 rings (SSSR count). The van der Waals surface area contributed by atoms with Crippen LogP contribution in [0.4, 0.5) is 10.6 Å². The Morgan fingerprint density at radius 1 is 1.14 bits per heavy atom. The SMILES string of the molecule is C=Cc1ccnc(-n2cc(C3CC3)c3c(N4C[C@@H](C)N(C(=O)OC(C)(C)C)C[C@@H]4C)ncnc32)c1. The van der Waals surface area contributed by atoms with Crippen LogP contribution in [0.25, 0.3) is 22.9 Å². The average molecular weight is 475 g/mol. The Morgan fingerprint density at radius 3 is 2.60 bits per heavy atom. The molecule has 0 aromatic carbocycles. The van der Waals surface area contributed by atoms with Crippen molar-refractivity contribution in [3.8, 4) is 5.82 Å². The van der Waals surface area contributed by atoms with E-state index in [1.165, 1.54) is 18.4 Å². The molecular weight excluding hydrogens is 440 g/mol. The summed E-state index contributed by atoms with van der Waals surface area (Å²) >= 11 is 0. The first kappa shape index (κ1) is 23.3. The minimum atomic E-state index is -0.519. The molecule has 0 bridgehead atoms. The highest BCUT2D eigenvalue weighted by Gasteiger charge is 2.37. The molecule has 2 fully saturated rings. The third-order valence-corrected chi connectivity index (χ3v) is 6.75. The molecule has 2 atom stereocenters. The summed E-state index contributed by atoms with van der Waals surface area (Å²) in [6, 6.07) is 4.03. The van der Waals surface area contributed by atoms with Crippen molar-refractivity contribution in [2.75, 3.05) is 18.0 Å². The topological polar surface area (TPSA) is 76.4 Å². The number of fused-ring (bicyclic) bond motifs is 1. The molecule has 8 heteroatoms. The van der Waals surface area contributed by atoms with Gasteiger partial charge in [-0.25, -0.2) is 19.7 Å². The second-order valence-electron chi connectivity index (χ2n) is 10.8. The number of hydrogen-bond donors (Lipinski definition) is 0. The Bertz CT molecular complexity index is 1270. The highest BCUT2D eigenvalue weighted by atomic mass is 16.6. The van der Waals surface area contributed by atoms with E-state index in [0.717, 1.165) is 28.2 Å². The van der Waals surface area contributed by atoms with Crippen molar-refractivity contribution in [3.05, 3.63) is 48.6 Å². The number of nitrogens with zero attached hydrogens (tertiary/aromatic N) is 6. The summed E-state index contributed by atoms with van der Waals surface area (Å²) in [6.07, 6.45) is 9.53. The van der Waals surface area contributed by atoms with Crippen molar-refractivity contribution in [1.82, 2.24) is 24.4 Å². The minimum absolute atomic E-state index is 0.0107. The lowest BCUT2D eigenvalue weighted by Crippen LogP contribution is -2.59. The van der Waals surface area contributed by atoms with Crippen molar-refractivity contribution in [1.29, 1.82) is 0 Å². The minimum Gasteiger partial charge on any atom is -0.444 e. The number of aromatic nitrogens is 4. The Kier molecular flexibility index (Phi) is 5.77. The zero-order valence-electron chi connectivity index (χ0n) is 21.2. The lowest BCUT2D eigenvalue weighted by atomic mass is 10.1. The van der Waals surface area contributed by atoms with E-state index in [-0.39, 0.29) is 18.2 Å². The Morgan fingerprint density at radius 2 is 1.91 bits per heavy atom. The maximum atomic E-state index is 12.8. The van der Waals surface area contributed by atoms with Gasteiger partial charge in [0.05, 0.1) is 5.39 Å². The maximum absolute atomic E-state index is 12.8. The third kappa shape index (κ3) is 4.49. The lowest BCUT2D eigenvalue weighted by Gasteiger charge is -2.44. The molecule has 35 heavy (non-hydrogen) atoms. The van der Waals surface area contributed by atoms with Gasteiger partial charge in [-0.1, -0.05) is 12.7 Å². The number of anilines is 1. The lowest BCUT2D eigenvalue weighted by molar-refractivity contribution is 0.0130. The molecule has 0 spiro atoms. The van der Waals surface area contributed by atoms with Crippen molar-refractivity contribution in [2.24, 2.45) is 0 Å². The first-order valence-electron chi connectivity index (χ1n) is 12.4. The van der Waals surface area contributed by atoms with Crippen molar-refractivity contribution < 1.29 is 9.53 Å². The molecule has 4 heterocycles. The fourth-order valence-electron chi connectivity index (χ4n) is 4.86. The molecular formula is C27H34N6O2. The monoisotopic (exact) mass is 474 g/mol. The van der Waals surface area contributed by atoms with Crippen LogP contribution >= 0.6 is 0 Å². The predicted octanol–water partition coefficient (Wildman–Crippen LogP) is 5.17. The summed E-state index contributed by atoms with van der Waals surface area (Å²) < 4.78 is 7.74. The van der Waals surface area contributed by atoms with Crippen LogP contribution in [0, 0.1) is 0 Å². The van der Waals surface area contributed by atoms with Gasteiger partial charge in [-0.15, -0.1) is 0 Å². The molecule has 1 amide bonds. The molecule has 1 aliphatic carbocycles. The second kappa shape index (κ2) is 8.66. The van der Waals surface area contributed by atoms with Crippen LogP contribution in [0.2, 0.25) is 0 Å². The zero-order chi connectivity index (χ0) is 24.9. The van der Waals surface area contributed by atoms with Crippen molar-refractivity contribution >= 4 is 29.0 Å². The largest absolute Gasteiger partial charge is 0.444 e. The molecule has 1 saturated carbocycles. The summed E-state index contributed by atoms with van der Waals surface area (Å²) in [5.74, 6) is 2.26.